The van der Waals surface area contributed by atoms with Gasteiger partial charge >= 0.3 is 0 Å². The van der Waals surface area contributed by atoms with Gasteiger partial charge in [-0.25, -0.2) is 14.9 Å². The molecular weight excluding hydrogens is 530 g/mol. The molecule has 10 heteroatoms. The molecule has 1 N–H and O–H groups in total. The summed E-state index contributed by atoms with van der Waals surface area (Å²) in [4.78, 5) is 37.7. The van der Waals surface area contributed by atoms with Gasteiger partial charge in [0.1, 0.15) is 5.03 Å². The number of aromatic nitrogens is 2. The fourth-order valence-electron chi connectivity index (χ4n) is 3.76. The van der Waals surface area contributed by atoms with E-state index in [4.69, 9.17) is 4.74 Å². The summed E-state index contributed by atoms with van der Waals surface area (Å²) in [5.74, 6) is -0.212. The van der Waals surface area contributed by atoms with Crippen molar-refractivity contribution in [1.82, 2.24) is 9.97 Å². The number of hydrogen-bond acceptors (Lipinski definition) is 8. The van der Waals surface area contributed by atoms with Gasteiger partial charge in [-0.05, 0) is 71.4 Å². The molecule has 1 saturated heterocycles. The van der Waals surface area contributed by atoms with E-state index < -0.39 is 0 Å². The van der Waals surface area contributed by atoms with Crippen molar-refractivity contribution in [3.8, 4) is 0 Å². The number of ether oxygens (including phenoxy) is 1. The number of morpholine rings is 1. The number of nitrogens with one attached hydrogen (secondary N) is 1. The van der Waals surface area contributed by atoms with Gasteiger partial charge in [0.2, 0.25) is 5.95 Å². The molecule has 0 aliphatic carbocycles. The highest BCUT2D eigenvalue weighted by Gasteiger charge is 2.30. The molecule has 2 aliphatic heterocycles. The largest absolute Gasteiger partial charge is 0.378 e. The van der Waals surface area contributed by atoms with Crippen LogP contribution in [-0.4, -0.2) is 48.1 Å². The van der Waals surface area contributed by atoms with E-state index in [-0.39, 0.29) is 16.3 Å². The van der Waals surface area contributed by atoms with Gasteiger partial charge in [-0.3, -0.25) is 9.59 Å². The Labute approximate surface area is 215 Å². The lowest BCUT2D eigenvalue weighted by Gasteiger charge is -2.28. The number of benzene rings is 2. The van der Waals surface area contributed by atoms with Crippen molar-refractivity contribution in [2.75, 3.05) is 41.4 Å². The first-order valence-corrected chi connectivity index (χ1v) is 12.7. The topological polar surface area (TPSA) is 87.7 Å². The van der Waals surface area contributed by atoms with Crippen molar-refractivity contribution in [3.63, 3.8) is 0 Å². The van der Waals surface area contributed by atoms with Crippen molar-refractivity contribution < 1.29 is 14.3 Å². The van der Waals surface area contributed by atoms with Crippen LogP contribution in [0.5, 0.6) is 0 Å². The second kappa shape index (κ2) is 10.2. The lowest BCUT2D eigenvalue weighted by Crippen LogP contribution is -2.36. The van der Waals surface area contributed by atoms with Gasteiger partial charge in [0.25, 0.3) is 11.8 Å². The molecule has 8 nitrogen and oxygen atoms in total. The Balaban J connectivity index is 1.26. The van der Waals surface area contributed by atoms with E-state index in [1.54, 1.807) is 18.3 Å². The number of anilines is 4. The molecule has 0 atom stereocenters. The van der Waals surface area contributed by atoms with Crippen LogP contribution in [0.15, 0.2) is 75.2 Å². The van der Waals surface area contributed by atoms with E-state index in [1.165, 1.54) is 23.5 Å². The number of halogens is 1. The minimum absolute atomic E-state index is 0.258. The van der Waals surface area contributed by atoms with E-state index in [9.17, 15) is 9.59 Å². The summed E-state index contributed by atoms with van der Waals surface area (Å²) in [6, 6.07) is 15.5. The summed E-state index contributed by atoms with van der Waals surface area (Å²) in [7, 11) is 0. The molecule has 178 valence electrons. The smallest absolute Gasteiger partial charge is 0.272 e. The summed E-state index contributed by atoms with van der Waals surface area (Å²) in [5, 5.41) is 4.09. The normalized spacial score (nSPS) is 16.0. The zero-order chi connectivity index (χ0) is 24.4. The predicted molar refractivity (Wildman–Crippen MR) is 140 cm³/mol. The molecule has 5 rings (SSSR count). The first-order chi connectivity index (χ1) is 17.0. The molecule has 3 aromatic rings. The van der Waals surface area contributed by atoms with Crippen LogP contribution in [0.3, 0.4) is 0 Å². The molecule has 1 fully saturated rings. The van der Waals surface area contributed by atoms with Crippen molar-refractivity contribution >= 4 is 62.5 Å². The number of imide groups is 1. The number of carbonyl (C=O) groups excluding carboxylic acids is 2. The minimum Gasteiger partial charge on any atom is -0.378 e. The Hall–Kier alpha value is -3.21. The molecule has 0 radical (unpaired) electrons. The van der Waals surface area contributed by atoms with Crippen molar-refractivity contribution in [3.05, 3.63) is 70.8 Å². The Bertz CT molecular complexity index is 1290. The summed E-state index contributed by atoms with van der Waals surface area (Å²) in [5.41, 5.74) is 3.55. The molecule has 3 heterocycles. The van der Waals surface area contributed by atoms with Crippen molar-refractivity contribution in [2.45, 2.75) is 16.8 Å². The minimum atomic E-state index is -0.365. The molecule has 35 heavy (non-hydrogen) atoms. The molecule has 0 spiro atoms. The van der Waals surface area contributed by atoms with Crippen molar-refractivity contribution in [2.24, 2.45) is 0 Å². The highest BCUT2D eigenvalue weighted by molar-refractivity contribution is 9.12. The van der Waals surface area contributed by atoms with E-state index in [0.29, 0.717) is 11.6 Å². The lowest BCUT2D eigenvalue weighted by molar-refractivity contribution is -0.120. The lowest BCUT2D eigenvalue weighted by atomic mass is 10.2. The maximum absolute atomic E-state index is 12.2. The molecule has 0 bridgehead atoms. The zero-order valence-corrected chi connectivity index (χ0v) is 21.3. The molecular formula is C25H22BrN5O3S. The molecule has 2 amide bonds. The van der Waals surface area contributed by atoms with Gasteiger partial charge in [-0.1, -0.05) is 11.8 Å². The summed E-state index contributed by atoms with van der Waals surface area (Å²) >= 11 is 4.61. The standard InChI is InChI=1S/C25H22BrN5O3S/c1-16-15-27-25(28-17-2-4-18(5-3-17)30-10-12-34-13-11-30)29-23(16)35-20-8-6-19(7-9-20)31-22(32)14-21(26)24(31)33/h2-9,14-15H,10-13H2,1H3,(H,27,28,29). The van der Waals surface area contributed by atoms with Crippen LogP contribution in [0.1, 0.15) is 5.56 Å². The van der Waals surface area contributed by atoms with Gasteiger partial charge in [-0.15, -0.1) is 0 Å². The second-order valence-electron chi connectivity index (χ2n) is 8.02. The van der Waals surface area contributed by atoms with Crippen LogP contribution in [-0.2, 0) is 14.3 Å². The number of carbonyl (C=O) groups is 2. The Morgan fingerprint density at radius 1 is 1.00 bits per heavy atom. The summed E-state index contributed by atoms with van der Waals surface area (Å²) < 4.78 is 5.68. The average molecular weight is 552 g/mol. The van der Waals surface area contributed by atoms with Gasteiger partial charge in [0, 0.05) is 47.2 Å². The number of rotatable bonds is 6. The first-order valence-electron chi connectivity index (χ1n) is 11.0. The van der Waals surface area contributed by atoms with E-state index in [2.05, 4.69) is 48.2 Å². The van der Waals surface area contributed by atoms with Crippen LogP contribution < -0.4 is 15.1 Å². The average Bonchev–Trinajstić information content (AvgIpc) is 3.13. The number of nitrogens with zero attached hydrogens (tertiary/aromatic N) is 4. The molecule has 2 aromatic carbocycles. The SMILES string of the molecule is Cc1cnc(Nc2ccc(N3CCOCC3)cc2)nc1Sc1ccc(N2C(=O)C=C(Br)C2=O)cc1. The zero-order valence-electron chi connectivity index (χ0n) is 18.9. The summed E-state index contributed by atoms with van der Waals surface area (Å²) in [6.07, 6.45) is 3.07. The monoisotopic (exact) mass is 551 g/mol. The van der Waals surface area contributed by atoms with E-state index >= 15 is 0 Å². The van der Waals surface area contributed by atoms with Gasteiger partial charge < -0.3 is 15.0 Å². The van der Waals surface area contributed by atoms with Crippen LogP contribution in [0.2, 0.25) is 0 Å². The van der Waals surface area contributed by atoms with Crippen LogP contribution in [0.4, 0.5) is 23.0 Å². The fraction of sp³-hybridized carbons (Fsp3) is 0.200. The van der Waals surface area contributed by atoms with Crippen LogP contribution in [0, 0.1) is 6.92 Å². The number of aryl methyl sites for hydroxylation is 1. The number of hydrogen-bond donors (Lipinski definition) is 1. The van der Waals surface area contributed by atoms with Crippen molar-refractivity contribution in [1.29, 1.82) is 0 Å². The third kappa shape index (κ3) is 5.24. The summed E-state index contributed by atoms with van der Waals surface area (Å²) in [6.45, 7) is 5.26. The van der Waals surface area contributed by atoms with E-state index in [0.717, 1.165) is 52.4 Å². The van der Waals surface area contributed by atoms with Crippen LogP contribution >= 0.6 is 27.7 Å². The van der Waals surface area contributed by atoms with Gasteiger partial charge in [0.15, 0.2) is 0 Å². The Morgan fingerprint density at radius 2 is 1.69 bits per heavy atom. The highest BCUT2D eigenvalue weighted by Crippen LogP contribution is 2.32. The van der Waals surface area contributed by atoms with Gasteiger partial charge in [-0.2, -0.15) is 0 Å². The first kappa shape index (κ1) is 23.5. The molecule has 1 aromatic heterocycles. The van der Waals surface area contributed by atoms with Crippen LogP contribution in [0.25, 0.3) is 0 Å². The Morgan fingerprint density at radius 3 is 2.34 bits per heavy atom. The maximum Gasteiger partial charge on any atom is 0.272 e. The number of amides is 2. The molecule has 2 aliphatic rings. The van der Waals surface area contributed by atoms with E-state index in [1.807, 2.05) is 31.2 Å². The molecule has 0 saturated carbocycles. The maximum atomic E-state index is 12.2. The third-order valence-electron chi connectivity index (χ3n) is 5.61. The Kier molecular flexibility index (Phi) is 6.85. The third-order valence-corrected chi connectivity index (χ3v) is 7.29. The quantitative estimate of drug-likeness (QED) is 0.349. The fourth-order valence-corrected chi connectivity index (χ4v) is 4.97. The second-order valence-corrected chi connectivity index (χ2v) is 9.94. The molecule has 0 unspecified atom stereocenters. The van der Waals surface area contributed by atoms with Gasteiger partial charge in [0.05, 0.1) is 23.4 Å². The predicted octanol–water partition coefficient (Wildman–Crippen LogP) is 4.67. The highest BCUT2D eigenvalue weighted by atomic mass is 79.9.